The largest absolute Gasteiger partial charge is 0.378 e. The molecule has 1 aromatic heterocycles. The molecule has 1 aromatic carbocycles. The van der Waals surface area contributed by atoms with Crippen molar-refractivity contribution in [1.29, 1.82) is 0 Å². The third-order valence-electron chi connectivity index (χ3n) is 3.94. The van der Waals surface area contributed by atoms with E-state index >= 15 is 0 Å². The molecular formula is C16H21N3O2. The van der Waals surface area contributed by atoms with Gasteiger partial charge in [0.15, 0.2) is 5.82 Å². The van der Waals surface area contributed by atoms with Gasteiger partial charge in [-0.1, -0.05) is 35.5 Å². The van der Waals surface area contributed by atoms with E-state index in [1.54, 1.807) is 0 Å². The minimum atomic E-state index is -0.264. The lowest BCUT2D eigenvalue weighted by atomic mass is 9.84. The topological polar surface area (TPSA) is 60.2 Å². The van der Waals surface area contributed by atoms with Crippen molar-refractivity contribution in [3.05, 3.63) is 47.6 Å². The predicted molar refractivity (Wildman–Crippen MR) is 79.2 cm³/mol. The van der Waals surface area contributed by atoms with Crippen molar-refractivity contribution in [1.82, 2.24) is 15.5 Å². The Hall–Kier alpha value is -1.72. The Bertz CT molecular complexity index is 574. The summed E-state index contributed by atoms with van der Waals surface area (Å²) in [5, 5.41) is 7.57. The van der Waals surface area contributed by atoms with E-state index in [9.17, 15) is 0 Å². The summed E-state index contributed by atoms with van der Waals surface area (Å²) in [5.41, 5.74) is 0.913. The molecule has 21 heavy (non-hydrogen) atoms. The molecule has 1 unspecified atom stereocenters. The van der Waals surface area contributed by atoms with Gasteiger partial charge in [-0.2, -0.15) is 4.98 Å². The minimum Gasteiger partial charge on any atom is -0.378 e. The van der Waals surface area contributed by atoms with Crippen LogP contribution in [0, 0.1) is 0 Å². The molecule has 112 valence electrons. The van der Waals surface area contributed by atoms with E-state index < -0.39 is 0 Å². The van der Waals surface area contributed by atoms with Crippen LogP contribution < -0.4 is 5.32 Å². The lowest BCUT2D eigenvalue weighted by molar-refractivity contribution is 0.0744. The van der Waals surface area contributed by atoms with Crippen LogP contribution in [-0.4, -0.2) is 35.9 Å². The van der Waals surface area contributed by atoms with Crippen LogP contribution in [0.3, 0.4) is 0 Å². The molecule has 0 bridgehead atoms. The summed E-state index contributed by atoms with van der Waals surface area (Å²) in [6, 6.07) is 10.5. The van der Waals surface area contributed by atoms with Crippen molar-refractivity contribution in [3.8, 4) is 0 Å². The molecule has 1 aliphatic heterocycles. The van der Waals surface area contributed by atoms with Crippen molar-refractivity contribution in [2.45, 2.75) is 31.7 Å². The Kier molecular flexibility index (Phi) is 4.03. The Morgan fingerprint density at radius 2 is 2.10 bits per heavy atom. The van der Waals surface area contributed by atoms with Gasteiger partial charge in [-0.25, -0.2) is 0 Å². The molecule has 0 saturated carbocycles. The van der Waals surface area contributed by atoms with Crippen LogP contribution in [0.4, 0.5) is 0 Å². The monoisotopic (exact) mass is 287 g/mol. The Labute approximate surface area is 124 Å². The van der Waals surface area contributed by atoms with Crippen molar-refractivity contribution < 1.29 is 9.26 Å². The Morgan fingerprint density at radius 1 is 1.29 bits per heavy atom. The molecule has 1 saturated heterocycles. The van der Waals surface area contributed by atoms with Gasteiger partial charge in [0.2, 0.25) is 5.89 Å². The first kappa shape index (κ1) is 14.2. The lowest BCUT2D eigenvalue weighted by Crippen LogP contribution is -2.42. The Morgan fingerprint density at radius 3 is 2.81 bits per heavy atom. The number of nitrogens with zero attached hydrogens (tertiary/aromatic N) is 2. The van der Waals surface area contributed by atoms with Gasteiger partial charge in [0.25, 0.3) is 0 Å². The minimum absolute atomic E-state index is 0.256. The molecule has 1 N–H and O–H groups in total. The number of aromatic nitrogens is 2. The average Bonchev–Trinajstić information content (AvgIpc) is 2.98. The van der Waals surface area contributed by atoms with Crippen LogP contribution in [0.15, 0.2) is 34.9 Å². The normalized spacial score (nSPS) is 19.6. The number of hydrogen-bond acceptors (Lipinski definition) is 5. The van der Waals surface area contributed by atoms with Crippen LogP contribution in [0.25, 0.3) is 0 Å². The number of rotatable bonds is 4. The SMILES string of the molecule is CC(C)(c1ccccc1)c1noc(CC2COCCN2)n1. The summed E-state index contributed by atoms with van der Waals surface area (Å²) >= 11 is 0. The second-order valence-corrected chi connectivity index (χ2v) is 5.93. The number of hydrogen-bond donors (Lipinski definition) is 1. The first-order valence-corrected chi connectivity index (χ1v) is 7.36. The van der Waals surface area contributed by atoms with Crippen LogP contribution in [-0.2, 0) is 16.6 Å². The molecule has 2 heterocycles. The van der Waals surface area contributed by atoms with E-state index in [-0.39, 0.29) is 11.5 Å². The number of ether oxygens (including phenoxy) is 1. The van der Waals surface area contributed by atoms with Gasteiger partial charge < -0.3 is 14.6 Å². The van der Waals surface area contributed by atoms with Gasteiger partial charge in [0.05, 0.1) is 18.6 Å². The summed E-state index contributed by atoms with van der Waals surface area (Å²) in [5.74, 6) is 1.39. The fraction of sp³-hybridized carbons (Fsp3) is 0.500. The maximum Gasteiger partial charge on any atom is 0.228 e. The van der Waals surface area contributed by atoms with Crippen molar-refractivity contribution >= 4 is 0 Å². The summed E-state index contributed by atoms with van der Waals surface area (Å²) in [6.45, 7) is 6.56. The standard InChI is InChI=1S/C16H21N3O2/c1-16(2,12-6-4-3-5-7-12)15-18-14(21-19-15)10-13-11-20-9-8-17-13/h3-7,13,17H,8-11H2,1-2H3. The van der Waals surface area contributed by atoms with Crippen LogP contribution in [0.5, 0.6) is 0 Å². The molecule has 0 spiro atoms. The van der Waals surface area contributed by atoms with Crippen molar-refractivity contribution in [3.63, 3.8) is 0 Å². The van der Waals surface area contributed by atoms with Crippen LogP contribution >= 0.6 is 0 Å². The summed E-state index contributed by atoms with van der Waals surface area (Å²) in [7, 11) is 0. The van der Waals surface area contributed by atoms with Gasteiger partial charge in [0, 0.05) is 19.0 Å². The van der Waals surface area contributed by atoms with E-state index in [1.165, 1.54) is 5.56 Å². The zero-order valence-corrected chi connectivity index (χ0v) is 12.5. The first-order valence-electron chi connectivity index (χ1n) is 7.36. The van der Waals surface area contributed by atoms with E-state index in [1.807, 2.05) is 18.2 Å². The van der Waals surface area contributed by atoms with Gasteiger partial charge in [0.1, 0.15) is 0 Å². The third-order valence-corrected chi connectivity index (χ3v) is 3.94. The predicted octanol–water partition coefficient (Wildman–Crippen LogP) is 1.93. The quantitative estimate of drug-likeness (QED) is 0.931. The van der Waals surface area contributed by atoms with Crippen LogP contribution in [0.2, 0.25) is 0 Å². The van der Waals surface area contributed by atoms with Crippen LogP contribution in [0.1, 0.15) is 31.1 Å². The molecule has 1 atom stereocenters. The van der Waals surface area contributed by atoms with Crippen molar-refractivity contribution in [2.24, 2.45) is 0 Å². The highest BCUT2D eigenvalue weighted by molar-refractivity contribution is 5.30. The van der Waals surface area contributed by atoms with Gasteiger partial charge >= 0.3 is 0 Å². The Balaban J connectivity index is 1.74. The molecule has 0 radical (unpaired) electrons. The van der Waals surface area contributed by atoms with E-state index in [2.05, 4.69) is 41.4 Å². The zero-order valence-electron chi connectivity index (χ0n) is 12.5. The highest BCUT2D eigenvalue weighted by Gasteiger charge is 2.29. The number of benzene rings is 1. The molecular weight excluding hydrogens is 266 g/mol. The molecule has 5 nitrogen and oxygen atoms in total. The highest BCUT2D eigenvalue weighted by Crippen LogP contribution is 2.29. The first-order chi connectivity index (χ1) is 10.2. The second kappa shape index (κ2) is 5.95. The molecule has 3 rings (SSSR count). The molecule has 0 aliphatic carbocycles. The summed E-state index contributed by atoms with van der Waals surface area (Å²) in [4.78, 5) is 4.58. The smallest absolute Gasteiger partial charge is 0.228 e. The number of morpholine rings is 1. The molecule has 0 amide bonds. The molecule has 1 fully saturated rings. The lowest BCUT2D eigenvalue weighted by Gasteiger charge is -2.22. The van der Waals surface area contributed by atoms with Gasteiger partial charge in [-0.05, 0) is 19.4 Å². The van der Waals surface area contributed by atoms with E-state index in [4.69, 9.17) is 9.26 Å². The van der Waals surface area contributed by atoms with Gasteiger partial charge in [-0.3, -0.25) is 0 Å². The summed E-state index contributed by atoms with van der Waals surface area (Å²) in [6.07, 6.45) is 0.706. The molecule has 1 aliphatic rings. The van der Waals surface area contributed by atoms with Gasteiger partial charge in [-0.15, -0.1) is 0 Å². The third kappa shape index (κ3) is 3.14. The van der Waals surface area contributed by atoms with Crippen molar-refractivity contribution in [2.75, 3.05) is 19.8 Å². The maximum absolute atomic E-state index is 5.45. The fourth-order valence-electron chi connectivity index (χ4n) is 2.54. The maximum atomic E-state index is 5.45. The zero-order chi connectivity index (χ0) is 14.7. The average molecular weight is 287 g/mol. The van der Waals surface area contributed by atoms with E-state index in [0.29, 0.717) is 18.9 Å². The highest BCUT2D eigenvalue weighted by atomic mass is 16.5. The van der Waals surface area contributed by atoms with E-state index in [0.717, 1.165) is 19.0 Å². The second-order valence-electron chi connectivity index (χ2n) is 5.93. The fourth-order valence-corrected chi connectivity index (χ4v) is 2.54. The molecule has 5 heteroatoms. The molecule has 2 aromatic rings. The number of nitrogens with one attached hydrogen (secondary N) is 1. The summed E-state index contributed by atoms with van der Waals surface area (Å²) < 4.78 is 10.9.